The van der Waals surface area contributed by atoms with E-state index in [0.717, 1.165) is 19.8 Å². The molecule has 0 radical (unpaired) electrons. The van der Waals surface area contributed by atoms with E-state index in [-0.39, 0.29) is 5.75 Å². The van der Waals surface area contributed by atoms with Gasteiger partial charge in [-0.15, -0.1) is 36.1 Å². The van der Waals surface area contributed by atoms with Crippen LogP contribution >= 0.6 is 38.9 Å². The normalized spacial score (nSPS) is 13.3. The maximum absolute atomic E-state index is 12.1. The van der Waals surface area contributed by atoms with Crippen LogP contribution < -0.4 is 4.74 Å². The molecule has 2 aromatic rings. The summed E-state index contributed by atoms with van der Waals surface area (Å²) in [6, 6.07) is 7.50. The quantitative estimate of drug-likeness (QED) is 0.585. The topological polar surface area (TPSA) is 9.23 Å². The molecule has 0 fully saturated rings. The highest BCUT2D eigenvalue weighted by Crippen LogP contribution is 2.38. The number of benzene rings is 1. The Labute approximate surface area is 131 Å². The van der Waals surface area contributed by atoms with Gasteiger partial charge in [0.05, 0.1) is 9.16 Å². The Kier molecular flexibility index (Phi) is 4.66. The molecule has 0 saturated carbocycles. The molecule has 0 N–H and O–H groups in total. The van der Waals surface area contributed by atoms with Crippen LogP contribution in [0.3, 0.4) is 0 Å². The van der Waals surface area contributed by atoms with Gasteiger partial charge in [-0.2, -0.15) is 0 Å². The second kappa shape index (κ2) is 5.95. The predicted molar refractivity (Wildman–Crippen MR) is 77.6 cm³/mol. The van der Waals surface area contributed by atoms with Gasteiger partial charge in [0.1, 0.15) is 5.75 Å². The standard InChI is InChI=1S/C13H9BrClF3OS/c1-7-10(6-11(14)20-7)12(15)8-2-4-9(5-3-8)19-13(16,17)18/h2-6,12H,1H3. The van der Waals surface area contributed by atoms with Crippen molar-refractivity contribution < 1.29 is 17.9 Å². The summed E-state index contributed by atoms with van der Waals surface area (Å²) in [4.78, 5) is 1.06. The molecule has 1 aromatic heterocycles. The zero-order valence-corrected chi connectivity index (χ0v) is 13.3. The molecule has 7 heteroatoms. The lowest BCUT2D eigenvalue weighted by Gasteiger charge is -2.12. The third-order valence-electron chi connectivity index (χ3n) is 2.61. The van der Waals surface area contributed by atoms with Crippen molar-refractivity contribution in [2.24, 2.45) is 0 Å². The number of ether oxygens (including phenoxy) is 1. The minimum atomic E-state index is -4.68. The number of hydrogen-bond acceptors (Lipinski definition) is 2. The van der Waals surface area contributed by atoms with E-state index < -0.39 is 11.7 Å². The van der Waals surface area contributed by atoms with E-state index in [9.17, 15) is 13.2 Å². The van der Waals surface area contributed by atoms with E-state index in [1.54, 1.807) is 11.3 Å². The number of alkyl halides is 4. The highest BCUT2D eigenvalue weighted by Gasteiger charge is 2.31. The van der Waals surface area contributed by atoms with Gasteiger partial charge in [0.2, 0.25) is 0 Å². The molecule has 108 valence electrons. The molecular formula is C13H9BrClF3OS. The minimum absolute atomic E-state index is 0.256. The Bertz CT molecular complexity index is 595. The fourth-order valence-corrected chi connectivity index (χ4v) is 3.91. The Morgan fingerprint density at radius 1 is 1.25 bits per heavy atom. The average molecular weight is 386 g/mol. The molecule has 0 aliphatic carbocycles. The van der Waals surface area contributed by atoms with Crippen molar-refractivity contribution in [3.63, 3.8) is 0 Å². The Morgan fingerprint density at radius 2 is 1.85 bits per heavy atom. The van der Waals surface area contributed by atoms with Crippen LogP contribution in [-0.4, -0.2) is 6.36 Å². The van der Waals surface area contributed by atoms with Crippen molar-refractivity contribution in [3.05, 3.63) is 50.1 Å². The molecule has 1 heterocycles. The van der Waals surface area contributed by atoms with Crippen LogP contribution in [0.1, 0.15) is 21.4 Å². The van der Waals surface area contributed by atoms with Gasteiger partial charge in [0, 0.05) is 4.88 Å². The Balaban J connectivity index is 2.19. The van der Waals surface area contributed by atoms with Gasteiger partial charge in [-0.3, -0.25) is 0 Å². The summed E-state index contributed by atoms with van der Waals surface area (Å²) in [5, 5.41) is -0.405. The zero-order chi connectivity index (χ0) is 14.9. The molecule has 2 rings (SSSR count). The number of rotatable bonds is 3. The van der Waals surface area contributed by atoms with Gasteiger partial charge in [-0.1, -0.05) is 12.1 Å². The van der Waals surface area contributed by atoms with Gasteiger partial charge < -0.3 is 4.74 Å². The van der Waals surface area contributed by atoms with Crippen LogP contribution in [0, 0.1) is 6.92 Å². The van der Waals surface area contributed by atoms with Crippen LogP contribution in [0.4, 0.5) is 13.2 Å². The van der Waals surface area contributed by atoms with E-state index in [1.807, 2.05) is 13.0 Å². The first kappa shape index (κ1) is 15.7. The van der Waals surface area contributed by atoms with Crippen LogP contribution in [0.15, 0.2) is 34.1 Å². The lowest BCUT2D eigenvalue weighted by molar-refractivity contribution is -0.274. The first-order chi connectivity index (χ1) is 9.26. The molecule has 0 aliphatic heterocycles. The van der Waals surface area contributed by atoms with Crippen molar-refractivity contribution in [1.82, 2.24) is 0 Å². The minimum Gasteiger partial charge on any atom is -0.406 e. The largest absolute Gasteiger partial charge is 0.573 e. The molecule has 0 bridgehead atoms. The summed E-state index contributed by atoms with van der Waals surface area (Å²) in [6.45, 7) is 1.95. The summed E-state index contributed by atoms with van der Waals surface area (Å²) in [5.41, 5.74) is 1.66. The fourth-order valence-electron chi connectivity index (χ4n) is 1.73. The lowest BCUT2D eigenvalue weighted by Crippen LogP contribution is -2.17. The van der Waals surface area contributed by atoms with Crippen molar-refractivity contribution in [2.45, 2.75) is 18.7 Å². The molecule has 0 spiro atoms. The molecule has 0 saturated heterocycles. The summed E-state index contributed by atoms with van der Waals surface area (Å²) >= 11 is 11.3. The SMILES string of the molecule is Cc1sc(Br)cc1C(Cl)c1ccc(OC(F)(F)F)cc1. The predicted octanol–water partition coefficient (Wildman–Crippen LogP) is 6.05. The summed E-state index contributed by atoms with van der Waals surface area (Å²) in [5.74, 6) is -0.256. The molecular weight excluding hydrogens is 377 g/mol. The van der Waals surface area contributed by atoms with Crippen molar-refractivity contribution in [2.75, 3.05) is 0 Å². The van der Waals surface area contributed by atoms with E-state index >= 15 is 0 Å². The number of thiophene rings is 1. The molecule has 0 amide bonds. The van der Waals surface area contributed by atoms with Crippen molar-refractivity contribution in [1.29, 1.82) is 0 Å². The van der Waals surface area contributed by atoms with Crippen LogP contribution in [0.25, 0.3) is 0 Å². The third-order valence-corrected chi connectivity index (χ3v) is 4.66. The van der Waals surface area contributed by atoms with Crippen LogP contribution in [-0.2, 0) is 0 Å². The van der Waals surface area contributed by atoms with Crippen LogP contribution in [0.5, 0.6) is 5.75 Å². The monoisotopic (exact) mass is 384 g/mol. The average Bonchev–Trinajstić information content (AvgIpc) is 2.66. The summed E-state index contributed by atoms with van der Waals surface area (Å²) < 4.78 is 41.0. The Morgan fingerprint density at radius 3 is 2.30 bits per heavy atom. The van der Waals surface area contributed by atoms with Gasteiger partial charge in [0.15, 0.2) is 0 Å². The van der Waals surface area contributed by atoms with E-state index in [0.29, 0.717) is 0 Å². The smallest absolute Gasteiger partial charge is 0.406 e. The van der Waals surface area contributed by atoms with E-state index in [1.165, 1.54) is 24.3 Å². The first-order valence-corrected chi connectivity index (χ1v) is 7.56. The Hall–Kier alpha value is -0.720. The first-order valence-electron chi connectivity index (χ1n) is 5.52. The van der Waals surface area contributed by atoms with Crippen molar-refractivity contribution in [3.8, 4) is 5.75 Å². The number of aryl methyl sites for hydroxylation is 1. The number of halogens is 5. The molecule has 1 aromatic carbocycles. The summed E-state index contributed by atoms with van der Waals surface area (Å²) in [6.07, 6.45) is -4.68. The molecule has 1 nitrogen and oxygen atoms in total. The third kappa shape index (κ3) is 3.90. The zero-order valence-electron chi connectivity index (χ0n) is 10.2. The van der Waals surface area contributed by atoms with E-state index in [2.05, 4.69) is 20.7 Å². The van der Waals surface area contributed by atoms with Crippen molar-refractivity contribution >= 4 is 38.9 Å². The number of hydrogen-bond donors (Lipinski definition) is 0. The maximum Gasteiger partial charge on any atom is 0.573 e. The fraction of sp³-hybridized carbons (Fsp3) is 0.231. The molecule has 1 atom stereocenters. The lowest BCUT2D eigenvalue weighted by atomic mass is 10.1. The highest BCUT2D eigenvalue weighted by molar-refractivity contribution is 9.11. The van der Waals surface area contributed by atoms with Gasteiger partial charge >= 0.3 is 6.36 Å². The highest BCUT2D eigenvalue weighted by atomic mass is 79.9. The van der Waals surface area contributed by atoms with Crippen LogP contribution in [0.2, 0.25) is 0 Å². The van der Waals surface area contributed by atoms with Gasteiger partial charge in [-0.05, 0) is 52.2 Å². The van der Waals surface area contributed by atoms with E-state index in [4.69, 9.17) is 11.6 Å². The second-order valence-electron chi connectivity index (χ2n) is 4.04. The molecule has 20 heavy (non-hydrogen) atoms. The maximum atomic E-state index is 12.1. The molecule has 1 unspecified atom stereocenters. The van der Waals surface area contributed by atoms with Gasteiger partial charge in [-0.25, -0.2) is 0 Å². The molecule has 0 aliphatic rings. The summed E-state index contributed by atoms with van der Waals surface area (Å²) in [7, 11) is 0. The van der Waals surface area contributed by atoms with Gasteiger partial charge in [0.25, 0.3) is 0 Å². The second-order valence-corrected chi connectivity index (χ2v) is 7.11.